The van der Waals surface area contributed by atoms with Crippen molar-refractivity contribution in [3.05, 3.63) is 12.7 Å². The number of hydrogen-bond donors (Lipinski definition) is 1. The van der Waals surface area contributed by atoms with Crippen LogP contribution in [0.4, 0.5) is 0 Å². The van der Waals surface area contributed by atoms with E-state index in [4.69, 9.17) is 10.4 Å². The molecule has 0 heterocycles. The van der Waals surface area contributed by atoms with Gasteiger partial charge in [-0.05, 0) is 0 Å². The molecule has 5 heteroatoms. The number of rotatable bonds is 4. The Morgan fingerprint density at radius 2 is 2.33 bits per heavy atom. The van der Waals surface area contributed by atoms with Crippen molar-refractivity contribution in [2.24, 2.45) is 5.92 Å². The molecule has 0 spiro atoms. The summed E-state index contributed by atoms with van der Waals surface area (Å²) in [6, 6.07) is 1.30. The topological polar surface area (TPSA) is 87.4 Å². The first-order valence-corrected chi connectivity index (χ1v) is 3.03. The zero-order chi connectivity index (χ0) is 9.56. The Balaban J connectivity index is 4.15. The van der Waals surface area contributed by atoms with Crippen LogP contribution in [0, 0.1) is 17.2 Å². The van der Waals surface area contributed by atoms with E-state index in [1.807, 2.05) is 0 Å². The van der Waals surface area contributed by atoms with Gasteiger partial charge in [0.05, 0.1) is 6.07 Å². The summed E-state index contributed by atoms with van der Waals surface area (Å²) in [6.07, 6.45) is 1.29. The third-order valence-corrected chi connectivity index (χ3v) is 0.955. The predicted molar refractivity (Wildman–Crippen MR) is 37.9 cm³/mol. The highest BCUT2D eigenvalue weighted by atomic mass is 16.5. The van der Waals surface area contributed by atoms with Gasteiger partial charge in [0.25, 0.3) is 0 Å². The SMILES string of the molecule is C=CCOC(=O)C(C#N)C(=O)O. The molecular formula is C7H7NO4. The molecule has 0 aliphatic carbocycles. The lowest BCUT2D eigenvalue weighted by Crippen LogP contribution is -2.24. The first-order valence-electron chi connectivity index (χ1n) is 3.03. The van der Waals surface area contributed by atoms with Crippen LogP contribution in [0.1, 0.15) is 0 Å². The number of ether oxygens (including phenoxy) is 1. The van der Waals surface area contributed by atoms with E-state index in [9.17, 15) is 9.59 Å². The van der Waals surface area contributed by atoms with Crippen LogP contribution < -0.4 is 0 Å². The summed E-state index contributed by atoms with van der Waals surface area (Å²) in [5.41, 5.74) is 0. The lowest BCUT2D eigenvalue weighted by atomic mass is 10.2. The molecule has 0 aliphatic heterocycles. The smallest absolute Gasteiger partial charge is 0.335 e. The van der Waals surface area contributed by atoms with Gasteiger partial charge >= 0.3 is 11.9 Å². The number of carboxylic acid groups (broad SMARTS) is 1. The molecule has 0 aliphatic rings. The van der Waals surface area contributed by atoms with E-state index in [-0.39, 0.29) is 6.61 Å². The molecule has 0 aromatic heterocycles. The first kappa shape index (κ1) is 10.2. The van der Waals surface area contributed by atoms with Crippen molar-refractivity contribution in [3.8, 4) is 6.07 Å². The highest BCUT2D eigenvalue weighted by Crippen LogP contribution is 1.98. The van der Waals surface area contributed by atoms with Crippen molar-refractivity contribution < 1.29 is 19.4 Å². The second-order valence-corrected chi connectivity index (χ2v) is 1.82. The molecule has 5 nitrogen and oxygen atoms in total. The molecular weight excluding hydrogens is 162 g/mol. The Morgan fingerprint density at radius 1 is 1.75 bits per heavy atom. The summed E-state index contributed by atoms with van der Waals surface area (Å²) in [6.45, 7) is 3.16. The van der Waals surface area contributed by atoms with Crippen LogP contribution in [0.2, 0.25) is 0 Å². The van der Waals surface area contributed by atoms with Crippen LogP contribution >= 0.6 is 0 Å². The fraction of sp³-hybridized carbons (Fsp3) is 0.286. The molecule has 0 aromatic rings. The standard InChI is InChI=1S/C7H7NO4/c1-2-3-12-7(11)5(4-8)6(9)10/h2,5H,1,3H2,(H,9,10). The highest BCUT2D eigenvalue weighted by molar-refractivity contribution is 5.96. The Hall–Kier alpha value is -1.83. The van der Waals surface area contributed by atoms with Crippen molar-refractivity contribution in [1.29, 1.82) is 5.26 Å². The van der Waals surface area contributed by atoms with Crippen molar-refractivity contribution in [1.82, 2.24) is 0 Å². The van der Waals surface area contributed by atoms with Gasteiger partial charge in [0, 0.05) is 0 Å². The quantitative estimate of drug-likeness (QED) is 0.362. The predicted octanol–water partition coefficient (Wildman–Crippen LogP) is -0.0600. The van der Waals surface area contributed by atoms with Crippen LogP contribution in [0.5, 0.6) is 0 Å². The average Bonchev–Trinajstić information content (AvgIpc) is 2.01. The normalized spacial score (nSPS) is 10.9. The Kier molecular flexibility index (Phi) is 4.16. The van der Waals surface area contributed by atoms with E-state index in [1.54, 1.807) is 0 Å². The van der Waals surface area contributed by atoms with Gasteiger partial charge in [0.15, 0.2) is 0 Å². The maximum absolute atomic E-state index is 10.7. The van der Waals surface area contributed by atoms with Gasteiger partial charge in [-0.15, -0.1) is 0 Å². The average molecular weight is 169 g/mol. The maximum Gasteiger partial charge on any atom is 0.335 e. The summed E-state index contributed by atoms with van der Waals surface area (Å²) in [5, 5.41) is 16.5. The van der Waals surface area contributed by atoms with Crippen molar-refractivity contribution in [3.63, 3.8) is 0 Å². The maximum atomic E-state index is 10.7. The number of carbonyl (C=O) groups is 2. The summed E-state index contributed by atoms with van der Waals surface area (Å²) in [5.74, 6) is -4.32. The van der Waals surface area contributed by atoms with Crippen LogP contribution in [0.3, 0.4) is 0 Å². The van der Waals surface area contributed by atoms with E-state index >= 15 is 0 Å². The number of carboxylic acids is 1. The summed E-state index contributed by atoms with van der Waals surface area (Å²) >= 11 is 0. The van der Waals surface area contributed by atoms with Gasteiger partial charge in [-0.2, -0.15) is 5.26 Å². The van der Waals surface area contributed by atoms with Gasteiger partial charge in [-0.3, -0.25) is 4.79 Å². The van der Waals surface area contributed by atoms with Gasteiger partial charge in [-0.25, -0.2) is 4.79 Å². The third kappa shape index (κ3) is 2.84. The zero-order valence-electron chi connectivity index (χ0n) is 6.19. The van der Waals surface area contributed by atoms with E-state index in [1.165, 1.54) is 12.1 Å². The monoisotopic (exact) mass is 169 g/mol. The van der Waals surface area contributed by atoms with Crippen LogP contribution in [-0.4, -0.2) is 23.7 Å². The molecule has 0 aromatic carbocycles. The van der Waals surface area contributed by atoms with Crippen molar-refractivity contribution in [2.75, 3.05) is 6.61 Å². The first-order chi connectivity index (χ1) is 5.63. The Morgan fingerprint density at radius 3 is 2.67 bits per heavy atom. The second kappa shape index (κ2) is 4.91. The van der Waals surface area contributed by atoms with Crippen molar-refractivity contribution in [2.45, 2.75) is 0 Å². The molecule has 64 valence electrons. The Labute approximate surface area is 68.9 Å². The molecule has 0 rings (SSSR count). The van der Waals surface area contributed by atoms with Crippen molar-refractivity contribution >= 4 is 11.9 Å². The molecule has 1 unspecified atom stereocenters. The molecule has 0 amide bonds. The Bertz CT molecular complexity index is 240. The lowest BCUT2D eigenvalue weighted by molar-refractivity contribution is -0.154. The van der Waals surface area contributed by atoms with E-state index in [2.05, 4.69) is 11.3 Å². The van der Waals surface area contributed by atoms with Crippen LogP contribution in [-0.2, 0) is 14.3 Å². The molecule has 1 atom stereocenters. The third-order valence-electron chi connectivity index (χ3n) is 0.955. The number of nitriles is 1. The molecule has 1 N–H and O–H groups in total. The zero-order valence-corrected chi connectivity index (χ0v) is 6.19. The number of aliphatic carboxylic acids is 1. The fourth-order valence-corrected chi connectivity index (χ4v) is 0.433. The van der Waals surface area contributed by atoms with E-state index < -0.39 is 17.9 Å². The molecule has 0 saturated carbocycles. The van der Waals surface area contributed by atoms with Gasteiger partial charge in [0.2, 0.25) is 5.92 Å². The number of hydrogen-bond acceptors (Lipinski definition) is 4. The number of esters is 1. The fourth-order valence-electron chi connectivity index (χ4n) is 0.433. The molecule has 0 saturated heterocycles. The minimum atomic E-state index is -1.75. The van der Waals surface area contributed by atoms with Gasteiger partial charge < -0.3 is 9.84 Å². The number of carbonyl (C=O) groups excluding carboxylic acids is 1. The second-order valence-electron chi connectivity index (χ2n) is 1.82. The minimum Gasteiger partial charge on any atom is -0.480 e. The molecule has 0 bridgehead atoms. The van der Waals surface area contributed by atoms with Crippen LogP contribution in [0.25, 0.3) is 0 Å². The molecule has 0 fully saturated rings. The van der Waals surface area contributed by atoms with Crippen LogP contribution in [0.15, 0.2) is 12.7 Å². The van der Waals surface area contributed by atoms with E-state index in [0.29, 0.717) is 0 Å². The van der Waals surface area contributed by atoms with Gasteiger partial charge in [-0.1, -0.05) is 12.7 Å². The summed E-state index contributed by atoms with van der Waals surface area (Å²) in [4.78, 5) is 20.9. The lowest BCUT2D eigenvalue weighted by Gasteiger charge is -2.02. The van der Waals surface area contributed by atoms with Gasteiger partial charge in [0.1, 0.15) is 6.61 Å². The molecule has 12 heavy (non-hydrogen) atoms. The minimum absolute atomic E-state index is 0.0930. The van der Waals surface area contributed by atoms with E-state index in [0.717, 1.165) is 0 Å². The highest BCUT2D eigenvalue weighted by Gasteiger charge is 2.26. The summed E-state index contributed by atoms with van der Waals surface area (Å²) in [7, 11) is 0. The number of nitrogens with zero attached hydrogens (tertiary/aromatic N) is 1. The summed E-state index contributed by atoms with van der Waals surface area (Å²) < 4.78 is 4.35. The molecule has 0 radical (unpaired) electrons. The largest absolute Gasteiger partial charge is 0.480 e.